The quantitative estimate of drug-likeness (QED) is 0.486. The van der Waals surface area contributed by atoms with Gasteiger partial charge < -0.3 is 5.11 Å². The Bertz CT molecular complexity index is 197. The molecule has 1 nitrogen and oxygen atoms in total. The highest BCUT2D eigenvalue weighted by molar-refractivity contribution is 5.29. The second kappa shape index (κ2) is 4.97. The van der Waals surface area contributed by atoms with Crippen LogP contribution in [0.3, 0.4) is 0 Å². The molecule has 82 valence electrons. The van der Waals surface area contributed by atoms with Crippen LogP contribution in [0.2, 0.25) is 0 Å². The largest absolute Gasteiger partial charge is 0.392 e. The lowest BCUT2D eigenvalue weighted by atomic mass is 9.95. The van der Waals surface area contributed by atoms with E-state index >= 15 is 0 Å². The molecule has 0 radical (unpaired) electrons. The average Bonchev–Trinajstić information content (AvgIpc) is 2.76. The van der Waals surface area contributed by atoms with Crippen LogP contribution >= 0.6 is 0 Å². The summed E-state index contributed by atoms with van der Waals surface area (Å²) in [6.45, 7) is 8.30. The van der Waals surface area contributed by atoms with Gasteiger partial charge in [0.25, 0.3) is 0 Å². The van der Waals surface area contributed by atoms with Crippen LogP contribution in [0, 0.1) is 5.41 Å². The first-order chi connectivity index (χ1) is 6.61. The maximum Gasteiger partial charge on any atom is 0.0633 e. The fourth-order valence-electron chi connectivity index (χ4n) is 2.01. The standard InChI is InChI=1S/C13H24O/c1-4-5-6-7-8-9-12(14)13(3)10-11(13)2/h12,14H,2,4-10H2,1,3H3/t12-,13-/m1/s1. The van der Waals surface area contributed by atoms with Gasteiger partial charge >= 0.3 is 0 Å². The van der Waals surface area contributed by atoms with Crippen molar-refractivity contribution < 1.29 is 5.11 Å². The van der Waals surface area contributed by atoms with Crippen LogP contribution in [0.25, 0.3) is 0 Å². The van der Waals surface area contributed by atoms with Gasteiger partial charge in [0.05, 0.1) is 6.10 Å². The first-order valence-electron chi connectivity index (χ1n) is 5.97. The first kappa shape index (κ1) is 11.8. The van der Waals surface area contributed by atoms with Crippen molar-refractivity contribution in [3.8, 4) is 0 Å². The fraction of sp³-hybridized carbons (Fsp3) is 0.846. The van der Waals surface area contributed by atoms with Gasteiger partial charge in [0, 0.05) is 5.41 Å². The summed E-state index contributed by atoms with van der Waals surface area (Å²) in [5, 5.41) is 9.91. The van der Waals surface area contributed by atoms with Crippen molar-refractivity contribution in [1.82, 2.24) is 0 Å². The maximum absolute atomic E-state index is 9.91. The molecule has 0 aromatic carbocycles. The van der Waals surface area contributed by atoms with E-state index in [2.05, 4.69) is 20.4 Å². The minimum atomic E-state index is -0.142. The van der Waals surface area contributed by atoms with Gasteiger partial charge in [-0.05, 0) is 12.8 Å². The van der Waals surface area contributed by atoms with Crippen molar-refractivity contribution in [2.24, 2.45) is 5.41 Å². The Kier molecular flexibility index (Phi) is 4.18. The minimum absolute atomic E-state index is 0.0742. The lowest BCUT2D eigenvalue weighted by molar-refractivity contribution is 0.0983. The molecule has 0 aromatic rings. The summed E-state index contributed by atoms with van der Waals surface area (Å²) in [4.78, 5) is 0. The lowest BCUT2D eigenvalue weighted by Gasteiger charge is -2.16. The molecule has 0 unspecified atom stereocenters. The predicted octanol–water partition coefficient (Wildman–Crippen LogP) is 3.67. The van der Waals surface area contributed by atoms with Crippen LogP contribution in [0.4, 0.5) is 0 Å². The Labute approximate surface area is 88.2 Å². The van der Waals surface area contributed by atoms with Crippen LogP contribution in [-0.2, 0) is 0 Å². The highest BCUT2D eigenvalue weighted by Crippen LogP contribution is 2.54. The van der Waals surface area contributed by atoms with E-state index in [1.54, 1.807) is 0 Å². The van der Waals surface area contributed by atoms with Crippen molar-refractivity contribution in [2.75, 3.05) is 0 Å². The first-order valence-corrected chi connectivity index (χ1v) is 5.97. The van der Waals surface area contributed by atoms with E-state index in [1.807, 2.05) is 0 Å². The summed E-state index contributed by atoms with van der Waals surface area (Å²) >= 11 is 0. The number of aliphatic hydroxyl groups is 1. The average molecular weight is 196 g/mol. The summed E-state index contributed by atoms with van der Waals surface area (Å²) < 4.78 is 0. The number of aliphatic hydroxyl groups excluding tert-OH is 1. The third-order valence-electron chi connectivity index (χ3n) is 3.58. The number of rotatable bonds is 7. The molecular weight excluding hydrogens is 172 g/mol. The molecule has 0 saturated heterocycles. The number of hydrogen-bond acceptors (Lipinski definition) is 1. The Morgan fingerprint density at radius 3 is 2.43 bits per heavy atom. The Morgan fingerprint density at radius 2 is 1.93 bits per heavy atom. The SMILES string of the molecule is C=C1C[C@@]1(C)[C@H](O)CCCCCCC. The molecule has 1 fully saturated rings. The van der Waals surface area contributed by atoms with Crippen LogP contribution in [0.1, 0.15) is 58.8 Å². The molecule has 0 aromatic heterocycles. The fourth-order valence-corrected chi connectivity index (χ4v) is 2.01. The molecule has 1 N–H and O–H groups in total. The zero-order valence-electron chi connectivity index (χ0n) is 9.68. The van der Waals surface area contributed by atoms with E-state index in [0.717, 1.165) is 12.8 Å². The molecule has 2 atom stereocenters. The molecule has 0 heterocycles. The van der Waals surface area contributed by atoms with Crippen molar-refractivity contribution >= 4 is 0 Å². The van der Waals surface area contributed by atoms with Gasteiger partial charge in [-0.15, -0.1) is 0 Å². The van der Waals surface area contributed by atoms with E-state index < -0.39 is 0 Å². The van der Waals surface area contributed by atoms with Crippen molar-refractivity contribution in [1.29, 1.82) is 0 Å². The zero-order chi connectivity index (χ0) is 10.6. The molecule has 0 aliphatic heterocycles. The molecule has 0 amide bonds. The van der Waals surface area contributed by atoms with Crippen LogP contribution in [0.5, 0.6) is 0 Å². The summed E-state index contributed by atoms with van der Waals surface area (Å²) in [5.41, 5.74) is 1.31. The van der Waals surface area contributed by atoms with Gasteiger partial charge in [0.15, 0.2) is 0 Å². The Hall–Kier alpha value is -0.300. The molecule has 1 saturated carbocycles. The second-order valence-corrected chi connectivity index (χ2v) is 4.92. The minimum Gasteiger partial charge on any atom is -0.392 e. The topological polar surface area (TPSA) is 20.2 Å². The number of unbranched alkanes of at least 4 members (excludes halogenated alkanes) is 4. The van der Waals surface area contributed by atoms with E-state index in [9.17, 15) is 5.11 Å². The van der Waals surface area contributed by atoms with Crippen molar-refractivity contribution in [2.45, 2.75) is 64.9 Å². The van der Waals surface area contributed by atoms with E-state index in [-0.39, 0.29) is 11.5 Å². The van der Waals surface area contributed by atoms with Gasteiger partial charge in [0.1, 0.15) is 0 Å². The Morgan fingerprint density at radius 1 is 1.36 bits per heavy atom. The molecule has 1 rings (SSSR count). The molecular formula is C13H24O. The van der Waals surface area contributed by atoms with Crippen LogP contribution < -0.4 is 0 Å². The third kappa shape index (κ3) is 2.84. The smallest absolute Gasteiger partial charge is 0.0633 e. The summed E-state index contributed by atoms with van der Waals surface area (Å²) in [5.74, 6) is 0. The molecule has 1 aliphatic carbocycles. The third-order valence-corrected chi connectivity index (χ3v) is 3.58. The molecule has 14 heavy (non-hydrogen) atoms. The predicted molar refractivity (Wildman–Crippen MR) is 61.2 cm³/mol. The number of hydrogen-bond donors (Lipinski definition) is 1. The van der Waals surface area contributed by atoms with E-state index in [4.69, 9.17) is 0 Å². The normalized spacial score (nSPS) is 27.8. The highest BCUT2D eigenvalue weighted by atomic mass is 16.3. The molecule has 1 heteroatoms. The van der Waals surface area contributed by atoms with Gasteiger partial charge in [-0.2, -0.15) is 0 Å². The lowest BCUT2D eigenvalue weighted by Crippen LogP contribution is -2.18. The van der Waals surface area contributed by atoms with Gasteiger partial charge in [-0.25, -0.2) is 0 Å². The molecule has 1 aliphatic rings. The zero-order valence-corrected chi connectivity index (χ0v) is 9.68. The second-order valence-electron chi connectivity index (χ2n) is 4.92. The summed E-state index contributed by atoms with van der Waals surface area (Å²) in [6.07, 6.45) is 8.23. The Balaban J connectivity index is 2.04. The van der Waals surface area contributed by atoms with Gasteiger partial charge in [0.2, 0.25) is 0 Å². The maximum atomic E-state index is 9.91. The molecule has 0 bridgehead atoms. The van der Waals surface area contributed by atoms with Crippen LogP contribution in [-0.4, -0.2) is 11.2 Å². The van der Waals surface area contributed by atoms with Crippen molar-refractivity contribution in [3.63, 3.8) is 0 Å². The van der Waals surface area contributed by atoms with Crippen LogP contribution in [0.15, 0.2) is 12.2 Å². The van der Waals surface area contributed by atoms with E-state index in [0.29, 0.717) is 0 Å². The molecule has 0 spiro atoms. The van der Waals surface area contributed by atoms with Crippen molar-refractivity contribution in [3.05, 3.63) is 12.2 Å². The van der Waals surface area contributed by atoms with Gasteiger partial charge in [-0.1, -0.05) is 58.1 Å². The summed E-state index contributed by atoms with van der Waals surface area (Å²) in [6, 6.07) is 0. The monoisotopic (exact) mass is 196 g/mol. The van der Waals surface area contributed by atoms with E-state index in [1.165, 1.54) is 37.7 Å². The van der Waals surface area contributed by atoms with Gasteiger partial charge in [-0.3, -0.25) is 0 Å². The highest BCUT2D eigenvalue weighted by Gasteiger charge is 2.47. The summed E-state index contributed by atoms with van der Waals surface area (Å²) in [7, 11) is 0.